The van der Waals surface area contributed by atoms with Crippen molar-refractivity contribution in [1.82, 2.24) is 4.98 Å². The molecule has 0 aliphatic heterocycles. The van der Waals surface area contributed by atoms with Crippen LogP contribution in [0.5, 0.6) is 0 Å². The molecule has 3 aromatic rings. The van der Waals surface area contributed by atoms with Gasteiger partial charge in [-0.2, -0.15) is 0 Å². The molecule has 3 rings (SSSR count). The average Bonchev–Trinajstić information content (AvgIpc) is 3.02. The summed E-state index contributed by atoms with van der Waals surface area (Å²) >= 11 is 5.59. The Morgan fingerprint density at radius 3 is 2.57 bits per heavy atom. The van der Waals surface area contributed by atoms with E-state index in [0.717, 1.165) is 19.3 Å². The number of hydrogen-bond donors (Lipinski definition) is 1. The number of benzene rings is 1. The Balaban J connectivity index is 1.78. The fraction of sp³-hybridized carbons (Fsp3) is 0.0588. The van der Waals surface area contributed by atoms with Crippen LogP contribution in [-0.2, 0) is 0 Å². The molecule has 0 aliphatic rings. The van der Waals surface area contributed by atoms with E-state index in [4.69, 9.17) is 4.42 Å². The largest absolute Gasteiger partial charge is 0.451 e. The average molecular weight is 483 g/mol. The van der Waals surface area contributed by atoms with E-state index in [0.29, 0.717) is 11.6 Å². The summed E-state index contributed by atoms with van der Waals surface area (Å²) in [6.45, 7) is 1.90. The minimum absolute atomic E-state index is 0.251. The van der Waals surface area contributed by atoms with Gasteiger partial charge in [0.1, 0.15) is 11.6 Å². The fourth-order valence-electron chi connectivity index (χ4n) is 2.02. The first kappa shape index (κ1) is 16.2. The first-order valence-electron chi connectivity index (χ1n) is 6.83. The standard InChI is InChI=1S/C17H12BrIN2O2/c1-10-13(19)6-9-16(20-10)21-17(22)15-8-7-14(23-15)11-2-4-12(18)5-3-11/h2-9H,1H3,(H,20,21,22). The molecule has 0 saturated heterocycles. The minimum Gasteiger partial charge on any atom is -0.451 e. The number of hydrogen-bond acceptors (Lipinski definition) is 3. The third kappa shape index (κ3) is 3.81. The van der Waals surface area contributed by atoms with Crippen molar-refractivity contribution in [2.24, 2.45) is 0 Å². The summed E-state index contributed by atoms with van der Waals surface area (Å²) in [4.78, 5) is 16.6. The monoisotopic (exact) mass is 482 g/mol. The normalized spacial score (nSPS) is 10.6. The van der Waals surface area contributed by atoms with Crippen molar-refractivity contribution >= 4 is 50.2 Å². The van der Waals surface area contributed by atoms with Crippen LogP contribution in [0.1, 0.15) is 16.2 Å². The number of nitrogens with zero attached hydrogens (tertiary/aromatic N) is 1. The number of halogens is 2. The van der Waals surface area contributed by atoms with Gasteiger partial charge in [0.2, 0.25) is 0 Å². The molecule has 0 atom stereocenters. The van der Waals surface area contributed by atoms with Crippen LogP contribution in [0.4, 0.5) is 5.82 Å². The van der Waals surface area contributed by atoms with Crippen molar-refractivity contribution in [3.05, 3.63) is 68.0 Å². The summed E-state index contributed by atoms with van der Waals surface area (Å²) < 4.78 is 7.68. The molecule has 0 spiro atoms. The van der Waals surface area contributed by atoms with Crippen molar-refractivity contribution in [3.63, 3.8) is 0 Å². The predicted molar refractivity (Wildman–Crippen MR) is 101 cm³/mol. The van der Waals surface area contributed by atoms with Crippen molar-refractivity contribution < 1.29 is 9.21 Å². The number of rotatable bonds is 3. The topological polar surface area (TPSA) is 55.1 Å². The SMILES string of the molecule is Cc1nc(NC(=O)c2ccc(-c3ccc(Br)cc3)o2)ccc1I. The predicted octanol–water partition coefficient (Wildman–Crippen LogP) is 5.27. The van der Waals surface area contributed by atoms with Crippen LogP contribution in [0.3, 0.4) is 0 Å². The zero-order valence-electron chi connectivity index (χ0n) is 12.1. The molecule has 1 amide bonds. The van der Waals surface area contributed by atoms with Gasteiger partial charge in [-0.15, -0.1) is 0 Å². The van der Waals surface area contributed by atoms with Crippen molar-refractivity contribution in [2.45, 2.75) is 6.92 Å². The van der Waals surface area contributed by atoms with Crippen LogP contribution in [0, 0.1) is 10.5 Å². The van der Waals surface area contributed by atoms with E-state index in [1.807, 2.05) is 37.3 Å². The van der Waals surface area contributed by atoms with Gasteiger partial charge in [-0.25, -0.2) is 4.98 Å². The molecule has 2 heterocycles. The Morgan fingerprint density at radius 1 is 1.13 bits per heavy atom. The first-order valence-corrected chi connectivity index (χ1v) is 8.70. The van der Waals surface area contributed by atoms with Crippen LogP contribution in [0.25, 0.3) is 11.3 Å². The highest BCUT2D eigenvalue weighted by molar-refractivity contribution is 14.1. The van der Waals surface area contributed by atoms with E-state index in [-0.39, 0.29) is 11.7 Å². The Labute approximate surface area is 155 Å². The molecule has 0 saturated carbocycles. The van der Waals surface area contributed by atoms with Crippen LogP contribution in [0.15, 0.2) is 57.4 Å². The Kier molecular flexibility index (Phi) is 4.82. The highest BCUT2D eigenvalue weighted by atomic mass is 127. The molecule has 0 bridgehead atoms. The summed E-state index contributed by atoms with van der Waals surface area (Å²) in [5, 5.41) is 2.75. The van der Waals surface area contributed by atoms with Crippen molar-refractivity contribution in [2.75, 3.05) is 5.32 Å². The highest BCUT2D eigenvalue weighted by Gasteiger charge is 2.13. The Bertz CT molecular complexity index is 859. The van der Waals surface area contributed by atoms with E-state index in [1.165, 1.54) is 0 Å². The van der Waals surface area contributed by atoms with Crippen LogP contribution >= 0.6 is 38.5 Å². The van der Waals surface area contributed by atoms with Gasteiger partial charge in [0.15, 0.2) is 5.76 Å². The van der Waals surface area contributed by atoms with Crippen LogP contribution < -0.4 is 5.32 Å². The molecule has 0 unspecified atom stereocenters. The molecule has 116 valence electrons. The highest BCUT2D eigenvalue weighted by Crippen LogP contribution is 2.24. The maximum absolute atomic E-state index is 12.3. The van der Waals surface area contributed by atoms with Gasteiger partial charge in [-0.1, -0.05) is 28.1 Å². The molecular weight excluding hydrogens is 471 g/mol. The molecule has 23 heavy (non-hydrogen) atoms. The molecule has 4 nitrogen and oxygen atoms in total. The van der Waals surface area contributed by atoms with Crippen LogP contribution in [0.2, 0.25) is 0 Å². The number of carbonyl (C=O) groups excluding carboxylic acids is 1. The number of furan rings is 1. The summed E-state index contributed by atoms with van der Waals surface area (Å²) in [6, 6.07) is 14.8. The van der Waals surface area contributed by atoms with Gasteiger partial charge in [-0.3, -0.25) is 4.79 Å². The quantitative estimate of drug-likeness (QED) is 0.517. The lowest BCUT2D eigenvalue weighted by atomic mass is 10.2. The van der Waals surface area contributed by atoms with Gasteiger partial charge in [0.25, 0.3) is 5.91 Å². The van der Waals surface area contributed by atoms with Gasteiger partial charge in [0, 0.05) is 13.6 Å². The summed E-state index contributed by atoms with van der Waals surface area (Å²) in [5.74, 6) is 1.09. The lowest BCUT2D eigenvalue weighted by Gasteiger charge is -2.04. The fourth-order valence-corrected chi connectivity index (χ4v) is 2.59. The van der Waals surface area contributed by atoms with E-state index in [2.05, 4.69) is 48.8 Å². The maximum atomic E-state index is 12.3. The van der Waals surface area contributed by atoms with Gasteiger partial charge >= 0.3 is 0 Å². The number of pyridine rings is 1. The third-order valence-corrected chi connectivity index (χ3v) is 4.89. The number of amides is 1. The van der Waals surface area contributed by atoms with E-state index < -0.39 is 0 Å². The number of aromatic nitrogens is 1. The summed E-state index contributed by atoms with van der Waals surface area (Å²) in [6.07, 6.45) is 0. The molecule has 1 N–H and O–H groups in total. The zero-order valence-corrected chi connectivity index (χ0v) is 15.9. The molecule has 0 fully saturated rings. The van der Waals surface area contributed by atoms with Crippen molar-refractivity contribution in [3.8, 4) is 11.3 Å². The molecule has 1 aromatic carbocycles. The molecule has 0 radical (unpaired) electrons. The summed E-state index contributed by atoms with van der Waals surface area (Å²) in [5.41, 5.74) is 1.79. The number of nitrogens with one attached hydrogen (secondary N) is 1. The van der Waals surface area contributed by atoms with E-state index in [9.17, 15) is 4.79 Å². The van der Waals surface area contributed by atoms with Gasteiger partial charge in [0.05, 0.1) is 5.69 Å². The van der Waals surface area contributed by atoms with Gasteiger partial charge < -0.3 is 9.73 Å². The maximum Gasteiger partial charge on any atom is 0.292 e. The number of anilines is 1. The van der Waals surface area contributed by atoms with E-state index in [1.54, 1.807) is 18.2 Å². The first-order chi connectivity index (χ1) is 11.0. The second-order valence-electron chi connectivity index (χ2n) is 4.89. The number of aryl methyl sites for hydroxylation is 1. The lowest BCUT2D eigenvalue weighted by Crippen LogP contribution is -2.12. The zero-order chi connectivity index (χ0) is 16.4. The second kappa shape index (κ2) is 6.84. The molecule has 6 heteroatoms. The smallest absolute Gasteiger partial charge is 0.292 e. The van der Waals surface area contributed by atoms with Crippen molar-refractivity contribution in [1.29, 1.82) is 0 Å². The third-order valence-electron chi connectivity index (χ3n) is 3.22. The molecular formula is C17H12BrIN2O2. The Morgan fingerprint density at radius 2 is 1.87 bits per heavy atom. The lowest BCUT2D eigenvalue weighted by molar-refractivity contribution is 0.0997. The van der Waals surface area contributed by atoms with Gasteiger partial charge in [-0.05, 0) is 65.9 Å². The summed E-state index contributed by atoms with van der Waals surface area (Å²) in [7, 11) is 0. The molecule has 2 aromatic heterocycles. The number of carbonyl (C=O) groups is 1. The van der Waals surface area contributed by atoms with Crippen LogP contribution in [-0.4, -0.2) is 10.9 Å². The van der Waals surface area contributed by atoms with E-state index >= 15 is 0 Å². The second-order valence-corrected chi connectivity index (χ2v) is 6.97. The Hall–Kier alpha value is -1.67. The molecule has 0 aliphatic carbocycles. The minimum atomic E-state index is -0.318.